The van der Waals surface area contributed by atoms with E-state index in [0.29, 0.717) is 0 Å². The lowest BCUT2D eigenvalue weighted by molar-refractivity contribution is 0.566. The number of isocyanates is 1. The van der Waals surface area contributed by atoms with E-state index in [2.05, 4.69) is 4.66 Å². The molecule has 4 heavy (non-hydrogen) atoms. The number of nitrogens with zero attached hydrogens (tertiary/aromatic N) is 1. The van der Waals surface area contributed by atoms with Crippen molar-refractivity contribution < 1.29 is 4.79 Å². The normalized spacial score (nSPS) is 4.25. The third kappa shape index (κ3) is 1.60. The van der Waals surface area contributed by atoms with Crippen molar-refractivity contribution in [1.29, 1.82) is 0 Å². The van der Waals surface area contributed by atoms with Gasteiger partial charge in [-0.25, -0.2) is 4.79 Å². The first-order valence-corrected chi connectivity index (χ1v) is 1.38. The Morgan fingerprint density at radius 2 is 2.25 bits per heavy atom. The Balaban J connectivity index is 3.11. The number of hydrogen-bond donors (Lipinski definition) is 0. The minimum absolute atomic E-state index is 1.22. The molecular formula is CH2NOSi. The SMILES string of the molecule is O=C=N[SiH2]. The third-order valence-electron chi connectivity index (χ3n) is 0.0645. The molecule has 0 rings (SSSR count). The fourth-order valence-corrected chi connectivity index (χ4v) is 0. The van der Waals surface area contributed by atoms with E-state index >= 15 is 0 Å². The van der Waals surface area contributed by atoms with E-state index in [1.54, 1.807) is 0 Å². The Morgan fingerprint density at radius 1 is 2.00 bits per heavy atom. The summed E-state index contributed by atoms with van der Waals surface area (Å²) in [5.41, 5.74) is 0. The van der Waals surface area contributed by atoms with Crippen LogP contribution in [0.25, 0.3) is 0 Å². The van der Waals surface area contributed by atoms with E-state index in [4.69, 9.17) is 4.79 Å². The first-order chi connectivity index (χ1) is 1.91. The maximum Gasteiger partial charge on any atom is 0.223 e. The first kappa shape index (κ1) is 3.60. The van der Waals surface area contributed by atoms with E-state index in [1.807, 2.05) is 0 Å². The minimum atomic E-state index is 1.22. The molecule has 0 aromatic rings. The van der Waals surface area contributed by atoms with Gasteiger partial charge < -0.3 is 0 Å². The van der Waals surface area contributed by atoms with Crippen molar-refractivity contribution in [3.8, 4) is 0 Å². The maximum absolute atomic E-state index is 8.89. The highest BCUT2D eigenvalue weighted by molar-refractivity contribution is 6.07. The second-order valence-corrected chi connectivity index (χ2v) is 0.566. The Kier molecular flexibility index (Phi) is 2.34. The molecule has 0 aliphatic carbocycles. The summed E-state index contributed by atoms with van der Waals surface area (Å²) < 4.78 is 2.96. The van der Waals surface area contributed by atoms with Crippen molar-refractivity contribution in [3.05, 3.63) is 0 Å². The van der Waals surface area contributed by atoms with Crippen LogP contribution in [0.4, 0.5) is 0 Å². The Labute approximate surface area is 27.0 Å². The molecule has 0 heterocycles. The Morgan fingerprint density at radius 3 is 2.25 bits per heavy atom. The van der Waals surface area contributed by atoms with E-state index < -0.39 is 0 Å². The van der Waals surface area contributed by atoms with Crippen LogP contribution in [0.1, 0.15) is 0 Å². The summed E-state index contributed by atoms with van der Waals surface area (Å²) in [5.74, 6) is 0. The average molecular weight is 72.1 g/mol. The van der Waals surface area contributed by atoms with Crippen LogP contribution in [0, 0.1) is 0 Å². The summed E-state index contributed by atoms with van der Waals surface area (Å²) in [6, 6.07) is 0. The van der Waals surface area contributed by atoms with Crippen LogP contribution in [0.15, 0.2) is 4.66 Å². The lowest BCUT2D eigenvalue weighted by atomic mass is 11.7. The zero-order chi connectivity index (χ0) is 3.41. The van der Waals surface area contributed by atoms with Gasteiger partial charge in [-0.05, 0) is 0 Å². The summed E-state index contributed by atoms with van der Waals surface area (Å²) in [6.45, 7) is 0. The lowest BCUT2D eigenvalue weighted by Gasteiger charge is -1.35. The molecule has 0 aliphatic rings. The highest BCUT2D eigenvalue weighted by Crippen LogP contribution is 1.24. The summed E-state index contributed by atoms with van der Waals surface area (Å²) in [4.78, 5) is 8.89. The topological polar surface area (TPSA) is 29.4 Å². The molecule has 0 unspecified atom stereocenters. The summed E-state index contributed by atoms with van der Waals surface area (Å²) in [5, 5.41) is 0. The molecule has 3 heteroatoms. The van der Waals surface area contributed by atoms with Crippen LogP contribution in [0.3, 0.4) is 0 Å². The van der Waals surface area contributed by atoms with Crippen LogP contribution < -0.4 is 0 Å². The fourth-order valence-electron chi connectivity index (χ4n) is 0. The predicted octanol–water partition coefficient (Wildman–Crippen LogP) is -1.13. The number of hydrogen-bond acceptors (Lipinski definition) is 2. The molecule has 0 N–H and O–H groups in total. The largest absolute Gasteiger partial charge is 0.257 e. The van der Waals surface area contributed by atoms with Crippen molar-refractivity contribution in [3.63, 3.8) is 0 Å². The standard InChI is InChI=1S/CH2NOSi/c3-1-2-4/h4H2. The molecule has 0 aliphatic heterocycles. The van der Waals surface area contributed by atoms with Crippen LogP contribution >= 0.6 is 0 Å². The summed E-state index contributed by atoms with van der Waals surface area (Å²) in [7, 11) is 1.22. The molecule has 1 radical (unpaired) electrons. The van der Waals surface area contributed by atoms with Crippen LogP contribution in [-0.2, 0) is 4.79 Å². The maximum atomic E-state index is 8.89. The highest BCUT2D eigenvalue weighted by Gasteiger charge is 1.30. The molecule has 0 amide bonds. The van der Waals surface area contributed by atoms with Crippen molar-refractivity contribution in [2.75, 3.05) is 0 Å². The van der Waals surface area contributed by atoms with Gasteiger partial charge in [0.1, 0.15) is 0 Å². The molecule has 0 aromatic carbocycles. The molecule has 0 saturated heterocycles. The zero-order valence-corrected chi connectivity index (χ0v) is 3.48. The number of carbonyl (C=O) groups excluding carboxylic acids is 1. The molecule has 21 valence electrons. The number of rotatable bonds is 0. The van der Waals surface area contributed by atoms with Crippen molar-refractivity contribution in [1.82, 2.24) is 0 Å². The van der Waals surface area contributed by atoms with E-state index in [-0.39, 0.29) is 0 Å². The van der Waals surface area contributed by atoms with Crippen molar-refractivity contribution >= 4 is 16.5 Å². The van der Waals surface area contributed by atoms with Gasteiger partial charge in [-0.2, -0.15) is 0 Å². The first-order valence-electron chi connectivity index (χ1n) is 0.744. The minimum Gasteiger partial charge on any atom is -0.257 e. The van der Waals surface area contributed by atoms with Crippen LogP contribution in [0.2, 0.25) is 0 Å². The summed E-state index contributed by atoms with van der Waals surface area (Å²) >= 11 is 0. The van der Waals surface area contributed by atoms with Gasteiger partial charge >= 0.3 is 0 Å². The quantitative estimate of drug-likeness (QED) is 0.202. The lowest BCUT2D eigenvalue weighted by Crippen LogP contribution is -1.43. The van der Waals surface area contributed by atoms with Gasteiger partial charge in [-0.1, -0.05) is 0 Å². The van der Waals surface area contributed by atoms with Crippen LogP contribution in [-0.4, -0.2) is 16.5 Å². The molecular weight excluding hydrogens is 70.1 g/mol. The molecule has 2 nitrogen and oxygen atoms in total. The van der Waals surface area contributed by atoms with Gasteiger partial charge in [0, 0.05) is 0 Å². The van der Waals surface area contributed by atoms with Gasteiger partial charge in [-0.3, -0.25) is 4.66 Å². The highest BCUT2D eigenvalue weighted by atomic mass is 28.2. The molecule has 0 spiro atoms. The van der Waals surface area contributed by atoms with E-state index in [9.17, 15) is 0 Å². The Bertz CT molecular complexity index is 46.0. The van der Waals surface area contributed by atoms with Crippen molar-refractivity contribution in [2.24, 2.45) is 4.66 Å². The van der Waals surface area contributed by atoms with Gasteiger partial charge in [0.05, 0.1) is 0 Å². The second kappa shape index (κ2) is 2.60. The second-order valence-electron chi connectivity index (χ2n) is 0.249. The molecule has 0 fully saturated rings. The zero-order valence-electron chi connectivity index (χ0n) is 2.06. The van der Waals surface area contributed by atoms with Crippen LogP contribution in [0.5, 0.6) is 0 Å². The summed E-state index contributed by atoms with van der Waals surface area (Å²) in [6.07, 6.45) is 1.32. The fraction of sp³-hybridized carbons (Fsp3) is 0. The predicted molar refractivity (Wildman–Crippen MR) is 16.7 cm³/mol. The van der Waals surface area contributed by atoms with Crippen molar-refractivity contribution in [2.45, 2.75) is 0 Å². The van der Waals surface area contributed by atoms with E-state index in [1.165, 1.54) is 16.5 Å². The third-order valence-corrected chi connectivity index (χ3v) is 0.194. The molecule has 0 atom stereocenters. The van der Waals surface area contributed by atoms with Gasteiger partial charge in [0.25, 0.3) is 0 Å². The van der Waals surface area contributed by atoms with Gasteiger partial charge in [0.2, 0.25) is 6.08 Å². The smallest absolute Gasteiger partial charge is 0.223 e. The Hall–Kier alpha value is -0.403. The average Bonchev–Trinajstić information content (AvgIpc) is 1.37. The monoisotopic (exact) mass is 72.0 g/mol. The van der Waals surface area contributed by atoms with Gasteiger partial charge in [-0.15, -0.1) is 0 Å². The van der Waals surface area contributed by atoms with E-state index in [0.717, 1.165) is 0 Å². The molecule has 0 aromatic heterocycles. The van der Waals surface area contributed by atoms with Gasteiger partial charge in [0.15, 0.2) is 10.4 Å². The molecule has 0 bridgehead atoms. The molecule has 0 saturated carbocycles.